The van der Waals surface area contributed by atoms with Gasteiger partial charge in [0.25, 0.3) is 0 Å². The van der Waals surface area contributed by atoms with Crippen LogP contribution in [0.2, 0.25) is 0 Å². The average Bonchev–Trinajstić information content (AvgIpc) is 2.14. The third-order valence-electron chi connectivity index (χ3n) is 2.91. The van der Waals surface area contributed by atoms with E-state index in [1.807, 2.05) is 0 Å². The van der Waals surface area contributed by atoms with Gasteiger partial charge in [-0.05, 0) is 41.4 Å². The Hall–Kier alpha value is -0.120. The fourth-order valence-corrected chi connectivity index (χ4v) is 1.19. The topological polar surface area (TPSA) is 18.5 Å². The Labute approximate surface area is 95.8 Å². The molecule has 0 heterocycles. The van der Waals surface area contributed by atoms with Crippen LogP contribution in [0.25, 0.3) is 0 Å². The quantitative estimate of drug-likeness (QED) is 0.657. The first-order chi connectivity index (χ1) is 6.87. The summed E-state index contributed by atoms with van der Waals surface area (Å²) in [6.07, 6.45) is 1.18. The molecule has 0 fully saturated rings. The third-order valence-corrected chi connectivity index (χ3v) is 2.91. The van der Waals surface area contributed by atoms with Crippen LogP contribution in [0.5, 0.6) is 0 Å². The Morgan fingerprint density at radius 3 is 2.07 bits per heavy atom. The van der Waals surface area contributed by atoms with Crippen molar-refractivity contribution in [3.05, 3.63) is 0 Å². The van der Waals surface area contributed by atoms with E-state index in [0.717, 1.165) is 26.2 Å². The molecular weight excluding hydrogens is 186 g/mol. The first-order valence-electron chi connectivity index (χ1n) is 5.95. The third kappa shape index (κ3) is 8.85. The predicted octanol–water partition coefficient (Wildman–Crippen LogP) is 1.26. The Balaban J connectivity index is 3.50. The zero-order chi connectivity index (χ0) is 11.9. The molecule has 0 saturated carbocycles. The highest BCUT2D eigenvalue weighted by Crippen LogP contribution is 2.05. The molecule has 0 radical (unpaired) electrons. The van der Waals surface area contributed by atoms with Crippen LogP contribution < -0.4 is 5.32 Å². The summed E-state index contributed by atoms with van der Waals surface area (Å²) in [6, 6.07) is 0. The number of hydrogen-bond donors (Lipinski definition) is 1. The molecule has 0 aliphatic heterocycles. The molecule has 0 bridgehead atoms. The SMILES string of the molecule is CCC(C)(C)NCCN(C)CCN(C)C. The molecule has 0 unspecified atom stereocenters. The van der Waals surface area contributed by atoms with Crippen molar-refractivity contribution in [2.24, 2.45) is 0 Å². The van der Waals surface area contributed by atoms with Crippen LogP contribution in [0, 0.1) is 0 Å². The minimum absolute atomic E-state index is 0.280. The van der Waals surface area contributed by atoms with Crippen molar-refractivity contribution < 1.29 is 0 Å². The minimum Gasteiger partial charge on any atom is -0.311 e. The Bertz CT molecular complexity index is 155. The molecule has 0 aromatic carbocycles. The van der Waals surface area contributed by atoms with Gasteiger partial charge in [-0.15, -0.1) is 0 Å². The Morgan fingerprint density at radius 1 is 1.00 bits per heavy atom. The van der Waals surface area contributed by atoms with E-state index in [9.17, 15) is 0 Å². The van der Waals surface area contributed by atoms with E-state index in [0.29, 0.717) is 0 Å². The molecule has 0 spiro atoms. The maximum atomic E-state index is 3.57. The lowest BCUT2D eigenvalue weighted by atomic mass is 10.0. The zero-order valence-electron chi connectivity index (χ0n) is 11.4. The molecule has 3 nitrogen and oxygen atoms in total. The Morgan fingerprint density at radius 2 is 1.60 bits per heavy atom. The monoisotopic (exact) mass is 215 g/mol. The number of nitrogens with one attached hydrogen (secondary N) is 1. The van der Waals surface area contributed by atoms with E-state index in [1.54, 1.807) is 0 Å². The van der Waals surface area contributed by atoms with E-state index in [-0.39, 0.29) is 5.54 Å². The molecule has 0 atom stereocenters. The van der Waals surface area contributed by atoms with Gasteiger partial charge in [-0.2, -0.15) is 0 Å². The van der Waals surface area contributed by atoms with Crippen molar-refractivity contribution in [2.75, 3.05) is 47.3 Å². The van der Waals surface area contributed by atoms with Gasteiger partial charge in [0.05, 0.1) is 0 Å². The maximum Gasteiger partial charge on any atom is 0.0123 e. The molecule has 0 amide bonds. The van der Waals surface area contributed by atoms with Crippen LogP contribution >= 0.6 is 0 Å². The van der Waals surface area contributed by atoms with Crippen LogP contribution in [-0.4, -0.2) is 62.7 Å². The molecule has 3 heteroatoms. The summed E-state index contributed by atoms with van der Waals surface area (Å²) in [7, 11) is 6.42. The van der Waals surface area contributed by atoms with Crippen LogP contribution in [0.1, 0.15) is 27.2 Å². The fourth-order valence-electron chi connectivity index (χ4n) is 1.19. The van der Waals surface area contributed by atoms with E-state index >= 15 is 0 Å². The van der Waals surface area contributed by atoms with Gasteiger partial charge in [-0.3, -0.25) is 0 Å². The molecule has 1 N–H and O–H groups in total. The Kier molecular flexibility index (Phi) is 7.14. The minimum atomic E-state index is 0.280. The smallest absolute Gasteiger partial charge is 0.0123 e. The normalized spacial score (nSPS) is 12.8. The summed E-state index contributed by atoms with van der Waals surface area (Å²) in [4.78, 5) is 4.60. The van der Waals surface area contributed by atoms with E-state index in [4.69, 9.17) is 0 Å². The highest BCUT2D eigenvalue weighted by molar-refractivity contribution is 4.75. The van der Waals surface area contributed by atoms with E-state index in [2.05, 4.69) is 57.0 Å². The second kappa shape index (κ2) is 7.20. The molecule has 92 valence electrons. The molecule has 0 aliphatic rings. The molecular formula is C12H29N3. The number of likely N-dealkylation sites (N-methyl/N-ethyl adjacent to an activating group) is 2. The van der Waals surface area contributed by atoms with Crippen molar-refractivity contribution in [1.82, 2.24) is 15.1 Å². The first-order valence-corrected chi connectivity index (χ1v) is 5.95. The van der Waals surface area contributed by atoms with Crippen molar-refractivity contribution in [2.45, 2.75) is 32.7 Å². The molecule has 0 aromatic heterocycles. The van der Waals surface area contributed by atoms with Crippen LogP contribution in [0.15, 0.2) is 0 Å². The van der Waals surface area contributed by atoms with Crippen molar-refractivity contribution in [3.63, 3.8) is 0 Å². The van der Waals surface area contributed by atoms with Crippen LogP contribution in [-0.2, 0) is 0 Å². The van der Waals surface area contributed by atoms with Gasteiger partial charge in [0.15, 0.2) is 0 Å². The van der Waals surface area contributed by atoms with Gasteiger partial charge in [-0.25, -0.2) is 0 Å². The predicted molar refractivity (Wildman–Crippen MR) is 68.4 cm³/mol. The average molecular weight is 215 g/mol. The molecule has 0 aromatic rings. The van der Waals surface area contributed by atoms with Crippen LogP contribution in [0.3, 0.4) is 0 Å². The summed E-state index contributed by atoms with van der Waals surface area (Å²) in [5, 5.41) is 3.57. The summed E-state index contributed by atoms with van der Waals surface area (Å²) in [5.41, 5.74) is 0.280. The summed E-state index contributed by atoms with van der Waals surface area (Å²) in [5.74, 6) is 0. The lowest BCUT2D eigenvalue weighted by molar-refractivity contribution is 0.267. The van der Waals surface area contributed by atoms with Gasteiger partial charge in [0.1, 0.15) is 0 Å². The van der Waals surface area contributed by atoms with E-state index < -0.39 is 0 Å². The van der Waals surface area contributed by atoms with E-state index in [1.165, 1.54) is 6.42 Å². The van der Waals surface area contributed by atoms with Crippen molar-refractivity contribution in [1.29, 1.82) is 0 Å². The second-order valence-electron chi connectivity index (χ2n) is 5.27. The maximum absolute atomic E-state index is 3.57. The van der Waals surface area contributed by atoms with Gasteiger partial charge in [0.2, 0.25) is 0 Å². The molecule has 0 saturated heterocycles. The van der Waals surface area contributed by atoms with Gasteiger partial charge in [-0.1, -0.05) is 6.92 Å². The number of rotatable bonds is 8. The van der Waals surface area contributed by atoms with Crippen LogP contribution in [0.4, 0.5) is 0 Å². The standard InChI is InChI=1S/C12H29N3/c1-7-12(2,3)13-8-9-15(6)11-10-14(4)5/h13H,7-11H2,1-6H3. The van der Waals surface area contributed by atoms with Crippen molar-refractivity contribution in [3.8, 4) is 0 Å². The van der Waals surface area contributed by atoms with Gasteiger partial charge < -0.3 is 15.1 Å². The largest absolute Gasteiger partial charge is 0.311 e. The first kappa shape index (κ1) is 14.9. The lowest BCUT2D eigenvalue weighted by Gasteiger charge is -2.26. The molecule has 0 rings (SSSR count). The second-order valence-corrected chi connectivity index (χ2v) is 5.27. The summed E-state index contributed by atoms with van der Waals surface area (Å²) in [6.45, 7) is 11.2. The lowest BCUT2D eigenvalue weighted by Crippen LogP contribution is -2.43. The molecule has 15 heavy (non-hydrogen) atoms. The number of nitrogens with zero attached hydrogens (tertiary/aromatic N) is 2. The van der Waals surface area contributed by atoms with Gasteiger partial charge >= 0.3 is 0 Å². The zero-order valence-corrected chi connectivity index (χ0v) is 11.4. The summed E-state index contributed by atoms with van der Waals surface area (Å²) >= 11 is 0. The fraction of sp³-hybridized carbons (Fsp3) is 1.00. The highest BCUT2D eigenvalue weighted by Gasteiger charge is 2.12. The highest BCUT2D eigenvalue weighted by atomic mass is 15.2. The van der Waals surface area contributed by atoms with Gasteiger partial charge in [0, 0.05) is 31.7 Å². The summed E-state index contributed by atoms with van der Waals surface area (Å²) < 4.78 is 0. The van der Waals surface area contributed by atoms with Crippen molar-refractivity contribution >= 4 is 0 Å². The number of hydrogen-bond acceptors (Lipinski definition) is 3. The molecule has 0 aliphatic carbocycles.